The van der Waals surface area contributed by atoms with Crippen molar-refractivity contribution in [2.45, 2.75) is 89.6 Å². The van der Waals surface area contributed by atoms with E-state index in [9.17, 15) is 9.90 Å². The van der Waals surface area contributed by atoms with Crippen molar-refractivity contribution in [3.63, 3.8) is 0 Å². The van der Waals surface area contributed by atoms with Crippen molar-refractivity contribution in [2.24, 2.45) is 5.41 Å². The van der Waals surface area contributed by atoms with E-state index < -0.39 is 5.97 Å². The third-order valence-corrected chi connectivity index (χ3v) is 5.87. The molecule has 0 atom stereocenters. The second kappa shape index (κ2) is 6.05. The summed E-state index contributed by atoms with van der Waals surface area (Å²) in [5.41, 5.74) is 0.403. The molecule has 1 N–H and O–H groups in total. The molecule has 0 bridgehead atoms. The van der Waals surface area contributed by atoms with Crippen molar-refractivity contribution in [3.8, 4) is 0 Å². The molecule has 2 rings (SSSR count). The van der Waals surface area contributed by atoms with E-state index in [0.717, 1.165) is 12.8 Å². The standard InChI is InChI=1S/C17H31NO2/c1-16(2)11-7-14(8-12-16)18(3)17(13-15(19)20)9-5-4-6-10-17/h14H,4-13H2,1-3H3,(H,19,20). The average molecular weight is 281 g/mol. The Morgan fingerprint density at radius 1 is 1.10 bits per heavy atom. The maximum Gasteiger partial charge on any atom is 0.305 e. The van der Waals surface area contributed by atoms with E-state index in [4.69, 9.17) is 0 Å². The van der Waals surface area contributed by atoms with Crippen molar-refractivity contribution in [2.75, 3.05) is 7.05 Å². The molecule has 2 aliphatic rings. The van der Waals surface area contributed by atoms with E-state index in [0.29, 0.717) is 17.9 Å². The van der Waals surface area contributed by atoms with Gasteiger partial charge in [0.2, 0.25) is 0 Å². The highest BCUT2D eigenvalue weighted by Crippen LogP contribution is 2.42. The fraction of sp³-hybridized carbons (Fsp3) is 0.941. The zero-order chi connectivity index (χ0) is 14.8. The van der Waals surface area contributed by atoms with Gasteiger partial charge in [0.15, 0.2) is 0 Å². The molecule has 2 aliphatic carbocycles. The molecule has 0 heterocycles. The second-order valence-corrected chi connectivity index (χ2v) is 7.86. The van der Waals surface area contributed by atoms with Gasteiger partial charge in [-0.1, -0.05) is 33.1 Å². The summed E-state index contributed by atoms with van der Waals surface area (Å²) < 4.78 is 0. The summed E-state index contributed by atoms with van der Waals surface area (Å²) in [6, 6.07) is 0.584. The van der Waals surface area contributed by atoms with Crippen LogP contribution in [-0.2, 0) is 4.79 Å². The smallest absolute Gasteiger partial charge is 0.305 e. The number of carbonyl (C=O) groups is 1. The van der Waals surface area contributed by atoms with E-state index in [1.807, 2.05) is 0 Å². The fourth-order valence-corrected chi connectivity index (χ4v) is 4.30. The van der Waals surface area contributed by atoms with Gasteiger partial charge in [-0.2, -0.15) is 0 Å². The summed E-state index contributed by atoms with van der Waals surface area (Å²) in [5.74, 6) is -0.630. The van der Waals surface area contributed by atoms with Crippen LogP contribution in [0.15, 0.2) is 0 Å². The molecule has 2 saturated carbocycles. The van der Waals surface area contributed by atoms with Crippen LogP contribution >= 0.6 is 0 Å². The van der Waals surface area contributed by atoms with Gasteiger partial charge >= 0.3 is 5.97 Å². The fourth-order valence-electron chi connectivity index (χ4n) is 4.30. The molecule has 0 radical (unpaired) electrons. The minimum absolute atomic E-state index is 0.0732. The Balaban J connectivity index is 2.06. The Morgan fingerprint density at radius 3 is 2.15 bits per heavy atom. The summed E-state index contributed by atoms with van der Waals surface area (Å²) in [7, 11) is 2.19. The number of carboxylic acid groups (broad SMARTS) is 1. The van der Waals surface area contributed by atoms with Gasteiger partial charge < -0.3 is 5.11 Å². The molecule has 0 saturated heterocycles. The van der Waals surface area contributed by atoms with Crippen molar-refractivity contribution < 1.29 is 9.90 Å². The predicted molar refractivity (Wildman–Crippen MR) is 81.9 cm³/mol. The summed E-state index contributed by atoms with van der Waals surface area (Å²) in [6.45, 7) is 4.72. The van der Waals surface area contributed by atoms with Crippen LogP contribution in [0.5, 0.6) is 0 Å². The van der Waals surface area contributed by atoms with Crippen molar-refractivity contribution in [3.05, 3.63) is 0 Å². The number of rotatable bonds is 4. The van der Waals surface area contributed by atoms with Gasteiger partial charge in [-0.15, -0.1) is 0 Å². The average Bonchev–Trinajstić information content (AvgIpc) is 2.38. The van der Waals surface area contributed by atoms with Crippen LogP contribution in [0.25, 0.3) is 0 Å². The molecule has 20 heavy (non-hydrogen) atoms. The van der Waals surface area contributed by atoms with E-state index in [1.54, 1.807) is 0 Å². The Morgan fingerprint density at radius 2 is 1.65 bits per heavy atom. The van der Waals surface area contributed by atoms with Crippen LogP contribution < -0.4 is 0 Å². The normalized spacial score (nSPS) is 26.6. The van der Waals surface area contributed by atoms with Gasteiger partial charge in [0.25, 0.3) is 0 Å². The molecule has 0 spiro atoms. The number of nitrogens with zero attached hydrogens (tertiary/aromatic N) is 1. The lowest BCUT2D eigenvalue weighted by molar-refractivity contribution is -0.142. The van der Waals surface area contributed by atoms with Crippen LogP contribution in [0.4, 0.5) is 0 Å². The van der Waals surface area contributed by atoms with Gasteiger partial charge in [-0.3, -0.25) is 9.69 Å². The largest absolute Gasteiger partial charge is 0.481 e. The summed E-state index contributed by atoms with van der Waals surface area (Å²) in [4.78, 5) is 13.8. The zero-order valence-electron chi connectivity index (χ0n) is 13.5. The second-order valence-electron chi connectivity index (χ2n) is 7.86. The lowest BCUT2D eigenvalue weighted by atomic mass is 9.72. The molecule has 3 nitrogen and oxygen atoms in total. The van der Waals surface area contributed by atoms with E-state index in [1.165, 1.54) is 44.9 Å². The third-order valence-electron chi connectivity index (χ3n) is 5.87. The van der Waals surface area contributed by atoms with Crippen LogP contribution in [0, 0.1) is 5.41 Å². The first-order valence-electron chi connectivity index (χ1n) is 8.29. The van der Waals surface area contributed by atoms with Crippen molar-refractivity contribution >= 4 is 5.97 Å². The molecular weight excluding hydrogens is 250 g/mol. The van der Waals surface area contributed by atoms with Gasteiger partial charge in [-0.05, 0) is 51.0 Å². The Hall–Kier alpha value is -0.570. The lowest BCUT2D eigenvalue weighted by Crippen LogP contribution is -2.54. The Kier molecular flexibility index (Phi) is 4.78. The number of carboxylic acids is 1. The predicted octanol–water partition coefficient (Wildman–Crippen LogP) is 4.06. The van der Waals surface area contributed by atoms with Gasteiger partial charge in [0.05, 0.1) is 6.42 Å². The molecule has 0 aromatic heterocycles. The first-order chi connectivity index (χ1) is 9.35. The molecule has 0 aliphatic heterocycles. The van der Waals surface area contributed by atoms with Crippen LogP contribution in [0.2, 0.25) is 0 Å². The van der Waals surface area contributed by atoms with Crippen LogP contribution in [0.1, 0.15) is 78.1 Å². The minimum Gasteiger partial charge on any atom is -0.481 e. The van der Waals surface area contributed by atoms with Crippen LogP contribution in [-0.4, -0.2) is 34.6 Å². The highest BCUT2D eigenvalue weighted by molar-refractivity contribution is 5.68. The first kappa shape index (κ1) is 15.8. The maximum absolute atomic E-state index is 11.3. The molecule has 3 heteroatoms. The minimum atomic E-state index is -0.630. The molecule has 0 aromatic carbocycles. The Bertz CT molecular complexity index is 335. The molecule has 2 fully saturated rings. The quantitative estimate of drug-likeness (QED) is 0.844. The van der Waals surface area contributed by atoms with E-state index in [-0.39, 0.29) is 5.54 Å². The molecule has 0 aromatic rings. The molecule has 116 valence electrons. The van der Waals surface area contributed by atoms with Crippen molar-refractivity contribution in [1.29, 1.82) is 0 Å². The van der Waals surface area contributed by atoms with Crippen molar-refractivity contribution in [1.82, 2.24) is 4.90 Å². The number of hydrogen-bond donors (Lipinski definition) is 1. The van der Waals surface area contributed by atoms with Crippen LogP contribution in [0.3, 0.4) is 0 Å². The zero-order valence-corrected chi connectivity index (χ0v) is 13.5. The van der Waals surface area contributed by atoms with Gasteiger partial charge in [-0.25, -0.2) is 0 Å². The highest BCUT2D eigenvalue weighted by Gasteiger charge is 2.42. The third kappa shape index (κ3) is 3.55. The topological polar surface area (TPSA) is 40.5 Å². The number of aliphatic carboxylic acids is 1. The highest BCUT2D eigenvalue weighted by atomic mass is 16.4. The molecule has 0 amide bonds. The monoisotopic (exact) mass is 281 g/mol. The van der Waals surface area contributed by atoms with Gasteiger partial charge in [0.1, 0.15) is 0 Å². The SMILES string of the molecule is CN(C1CCC(C)(C)CC1)C1(CC(=O)O)CCCCC1. The Labute approximate surface area is 123 Å². The summed E-state index contributed by atoms with van der Waals surface area (Å²) >= 11 is 0. The number of hydrogen-bond acceptors (Lipinski definition) is 2. The first-order valence-corrected chi connectivity index (χ1v) is 8.29. The molecule has 0 unspecified atom stereocenters. The van der Waals surface area contributed by atoms with E-state index >= 15 is 0 Å². The lowest BCUT2D eigenvalue weighted by Gasteiger charge is -2.50. The van der Waals surface area contributed by atoms with Gasteiger partial charge in [0, 0.05) is 11.6 Å². The maximum atomic E-state index is 11.3. The summed E-state index contributed by atoms with van der Waals surface area (Å²) in [5, 5.41) is 9.33. The molecular formula is C17H31NO2. The van der Waals surface area contributed by atoms with E-state index in [2.05, 4.69) is 25.8 Å². The summed E-state index contributed by atoms with van der Waals surface area (Å²) in [6.07, 6.45) is 11.1.